The Hall–Kier alpha value is -2.33. The predicted octanol–water partition coefficient (Wildman–Crippen LogP) is 4.71. The van der Waals surface area contributed by atoms with Crippen molar-refractivity contribution in [2.24, 2.45) is 11.1 Å². The second-order valence-corrected chi connectivity index (χ2v) is 10.0. The van der Waals surface area contributed by atoms with E-state index in [1.54, 1.807) is 5.56 Å². The Balaban J connectivity index is 1.22. The summed E-state index contributed by atoms with van der Waals surface area (Å²) in [5.41, 5.74) is 10.7. The maximum absolute atomic E-state index is 11.3. The minimum absolute atomic E-state index is 0.359. The average molecular weight is 404 g/mol. The van der Waals surface area contributed by atoms with Crippen molar-refractivity contribution in [2.45, 2.75) is 57.5 Å². The first kappa shape index (κ1) is 19.6. The van der Waals surface area contributed by atoms with Crippen molar-refractivity contribution in [1.29, 1.82) is 0 Å². The lowest BCUT2D eigenvalue weighted by Crippen LogP contribution is -2.66. The normalized spacial score (nSPS) is 23.6. The van der Waals surface area contributed by atoms with Crippen LogP contribution in [0.5, 0.6) is 0 Å². The van der Waals surface area contributed by atoms with Crippen molar-refractivity contribution in [3.63, 3.8) is 0 Å². The number of primary amides is 1. The fraction of sp³-hybridized carbons (Fsp3) is 0.500. The van der Waals surface area contributed by atoms with Gasteiger partial charge >= 0.3 is 0 Å². The van der Waals surface area contributed by atoms with Crippen LogP contribution in [0.3, 0.4) is 0 Å². The molecule has 2 saturated heterocycles. The number of anilines is 1. The molecule has 1 saturated carbocycles. The van der Waals surface area contributed by atoms with Crippen molar-refractivity contribution in [3.05, 3.63) is 65.2 Å². The molecule has 4 heteroatoms. The number of benzene rings is 2. The van der Waals surface area contributed by atoms with Gasteiger partial charge in [0, 0.05) is 41.8 Å². The smallest absolute Gasteiger partial charge is 0.248 e. The Morgan fingerprint density at radius 2 is 1.77 bits per heavy atom. The van der Waals surface area contributed by atoms with Gasteiger partial charge in [-0.1, -0.05) is 38.1 Å². The summed E-state index contributed by atoms with van der Waals surface area (Å²) in [5.74, 6) is 0.222. The van der Waals surface area contributed by atoms with Crippen LogP contribution in [0.4, 0.5) is 5.69 Å². The summed E-state index contributed by atoms with van der Waals surface area (Å²) in [5, 5.41) is 0. The molecule has 2 aromatic rings. The van der Waals surface area contributed by atoms with Crippen molar-refractivity contribution in [3.8, 4) is 0 Å². The molecule has 2 aliphatic heterocycles. The molecule has 1 atom stereocenters. The first-order valence-electron chi connectivity index (χ1n) is 11.5. The monoisotopic (exact) mass is 403 g/mol. The summed E-state index contributed by atoms with van der Waals surface area (Å²) >= 11 is 0. The highest BCUT2D eigenvalue weighted by Gasteiger charge is 2.55. The Labute approximate surface area is 180 Å². The first-order chi connectivity index (χ1) is 14.5. The van der Waals surface area contributed by atoms with Gasteiger partial charge in [0.2, 0.25) is 5.91 Å². The van der Waals surface area contributed by atoms with Crippen LogP contribution in [0, 0.1) is 5.41 Å². The number of carbonyl (C=O) groups is 1. The van der Waals surface area contributed by atoms with Gasteiger partial charge in [-0.2, -0.15) is 0 Å². The lowest BCUT2D eigenvalue weighted by molar-refractivity contribution is -0.0257. The molecule has 3 aliphatic rings. The maximum Gasteiger partial charge on any atom is 0.248 e. The van der Waals surface area contributed by atoms with Gasteiger partial charge in [0.1, 0.15) is 0 Å². The van der Waals surface area contributed by atoms with Crippen LogP contribution >= 0.6 is 0 Å². The zero-order chi connectivity index (χ0) is 20.9. The number of hydrogen-bond acceptors (Lipinski definition) is 3. The van der Waals surface area contributed by atoms with E-state index in [0.717, 1.165) is 19.1 Å². The summed E-state index contributed by atoms with van der Waals surface area (Å²) in [6.45, 7) is 8.15. The first-order valence-corrected chi connectivity index (χ1v) is 11.5. The summed E-state index contributed by atoms with van der Waals surface area (Å²) in [7, 11) is 0. The van der Waals surface area contributed by atoms with Gasteiger partial charge in [-0.3, -0.25) is 9.69 Å². The molecule has 0 aromatic heterocycles. The van der Waals surface area contributed by atoms with Crippen LogP contribution in [0.15, 0.2) is 48.5 Å². The zero-order valence-electron chi connectivity index (χ0n) is 18.2. The highest BCUT2D eigenvalue weighted by Crippen LogP contribution is 2.54. The molecule has 1 spiro atoms. The van der Waals surface area contributed by atoms with Gasteiger partial charge < -0.3 is 10.6 Å². The van der Waals surface area contributed by atoms with E-state index in [2.05, 4.69) is 47.9 Å². The fourth-order valence-electron chi connectivity index (χ4n) is 6.12. The molecule has 0 radical (unpaired) electrons. The van der Waals surface area contributed by atoms with Gasteiger partial charge in [-0.05, 0) is 73.5 Å². The standard InChI is InChI=1S/C26H33N3O/c1-18(2)22-6-3-4-7-23(22)24-8-5-13-29(24)21-14-26(15-21)16-28(17-26)20-11-9-19(10-12-20)25(27)30/h3-4,6-7,9-12,18,21,24H,5,8,13-17H2,1-2H3,(H2,27,30). The van der Waals surface area contributed by atoms with Crippen molar-refractivity contribution in [1.82, 2.24) is 4.90 Å². The molecule has 4 nitrogen and oxygen atoms in total. The van der Waals surface area contributed by atoms with Gasteiger partial charge in [-0.25, -0.2) is 0 Å². The second kappa shape index (κ2) is 7.42. The van der Waals surface area contributed by atoms with Crippen LogP contribution in [0.2, 0.25) is 0 Å². The number of nitrogens with two attached hydrogens (primary N) is 1. The average Bonchev–Trinajstić information content (AvgIpc) is 3.15. The predicted molar refractivity (Wildman–Crippen MR) is 122 cm³/mol. The molecule has 3 fully saturated rings. The number of amides is 1. The fourth-order valence-corrected chi connectivity index (χ4v) is 6.12. The van der Waals surface area contributed by atoms with Gasteiger partial charge in [-0.15, -0.1) is 0 Å². The lowest BCUT2D eigenvalue weighted by atomic mass is 9.60. The van der Waals surface area contributed by atoms with E-state index < -0.39 is 0 Å². The van der Waals surface area contributed by atoms with Crippen LogP contribution in [-0.2, 0) is 0 Å². The third-order valence-corrected chi connectivity index (χ3v) is 7.65. The second-order valence-electron chi connectivity index (χ2n) is 10.0. The van der Waals surface area contributed by atoms with Crippen LogP contribution in [-0.4, -0.2) is 36.5 Å². The minimum atomic E-state index is -0.359. The Kier molecular flexibility index (Phi) is 4.85. The SMILES string of the molecule is CC(C)c1ccccc1C1CCCN1C1CC2(C1)CN(c1ccc(C(N)=O)cc1)C2. The van der Waals surface area contributed by atoms with Gasteiger partial charge in [0.15, 0.2) is 0 Å². The maximum atomic E-state index is 11.3. The molecule has 1 amide bonds. The third-order valence-electron chi connectivity index (χ3n) is 7.65. The summed E-state index contributed by atoms with van der Waals surface area (Å²) in [4.78, 5) is 16.5. The molecule has 158 valence electrons. The summed E-state index contributed by atoms with van der Waals surface area (Å²) in [6, 6.07) is 18.2. The Bertz CT molecular complexity index is 922. The molecule has 2 N–H and O–H groups in total. The summed E-state index contributed by atoms with van der Waals surface area (Å²) in [6.07, 6.45) is 5.26. The molecule has 1 aliphatic carbocycles. The molecule has 0 bridgehead atoms. The third kappa shape index (κ3) is 3.31. The molecule has 2 aromatic carbocycles. The number of likely N-dealkylation sites (tertiary alicyclic amines) is 1. The van der Waals surface area contributed by atoms with E-state index >= 15 is 0 Å². The van der Waals surface area contributed by atoms with E-state index in [1.165, 1.54) is 43.5 Å². The van der Waals surface area contributed by atoms with Crippen LogP contribution < -0.4 is 10.6 Å². The zero-order valence-corrected chi connectivity index (χ0v) is 18.2. The number of hydrogen-bond donors (Lipinski definition) is 1. The van der Waals surface area contributed by atoms with E-state index in [0.29, 0.717) is 22.9 Å². The Morgan fingerprint density at radius 3 is 2.43 bits per heavy atom. The van der Waals surface area contributed by atoms with Crippen LogP contribution in [0.25, 0.3) is 0 Å². The topological polar surface area (TPSA) is 49.6 Å². The van der Waals surface area contributed by atoms with E-state index in [-0.39, 0.29) is 5.91 Å². The number of nitrogens with zero attached hydrogens (tertiary/aromatic N) is 2. The molecular formula is C26H33N3O. The largest absolute Gasteiger partial charge is 0.370 e. The van der Waals surface area contributed by atoms with E-state index in [9.17, 15) is 4.79 Å². The molecule has 5 rings (SSSR count). The molecular weight excluding hydrogens is 370 g/mol. The summed E-state index contributed by atoms with van der Waals surface area (Å²) < 4.78 is 0. The van der Waals surface area contributed by atoms with Crippen molar-refractivity contribution < 1.29 is 4.79 Å². The van der Waals surface area contributed by atoms with Crippen molar-refractivity contribution >= 4 is 11.6 Å². The lowest BCUT2D eigenvalue weighted by Gasteiger charge is -2.62. The van der Waals surface area contributed by atoms with Crippen LogP contribution in [0.1, 0.15) is 73.0 Å². The van der Waals surface area contributed by atoms with Gasteiger partial charge in [0.05, 0.1) is 0 Å². The number of rotatable bonds is 5. The van der Waals surface area contributed by atoms with E-state index in [4.69, 9.17) is 5.73 Å². The van der Waals surface area contributed by atoms with Gasteiger partial charge in [0.25, 0.3) is 0 Å². The quantitative estimate of drug-likeness (QED) is 0.786. The highest BCUT2D eigenvalue weighted by atomic mass is 16.1. The number of carbonyl (C=O) groups excluding carboxylic acids is 1. The minimum Gasteiger partial charge on any atom is -0.370 e. The van der Waals surface area contributed by atoms with Crippen molar-refractivity contribution in [2.75, 3.05) is 24.5 Å². The highest BCUT2D eigenvalue weighted by molar-refractivity contribution is 5.93. The van der Waals surface area contributed by atoms with E-state index in [1.807, 2.05) is 24.3 Å². The molecule has 30 heavy (non-hydrogen) atoms. The molecule has 1 unspecified atom stereocenters. The Morgan fingerprint density at radius 1 is 1.07 bits per heavy atom. The molecule has 2 heterocycles.